The van der Waals surface area contributed by atoms with Gasteiger partial charge in [-0.1, -0.05) is 44.2 Å². The molecule has 40 heavy (non-hydrogen) atoms. The van der Waals surface area contributed by atoms with Crippen LogP contribution in [0, 0.1) is 24.2 Å². The van der Waals surface area contributed by atoms with Crippen molar-refractivity contribution in [1.82, 2.24) is 20.1 Å². The van der Waals surface area contributed by atoms with Crippen LogP contribution in [-0.2, 0) is 22.7 Å². The molecule has 3 atom stereocenters. The fourth-order valence-electron chi connectivity index (χ4n) is 5.60. The molecule has 1 unspecified atom stereocenters. The van der Waals surface area contributed by atoms with Crippen LogP contribution in [0.4, 0.5) is 0 Å². The van der Waals surface area contributed by atoms with Gasteiger partial charge in [0.25, 0.3) is 5.91 Å². The Bertz CT molecular complexity index is 1490. The molecule has 0 aliphatic carbocycles. The van der Waals surface area contributed by atoms with Gasteiger partial charge in [0, 0.05) is 37.2 Å². The number of fused-ring (bicyclic) bond motifs is 1. The molecule has 2 aromatic carbocycles. The van der Waals surface area contributed by atoms with E-state index in [0.29, 0.717) is 16.7 Å². The van der Waals surface area contributed by atoms with E-state index >= 15 is 0 Å². The molecule has 1 saturated heterocycles. The lowest BCUT2D eigenvalue weighted by Crippen LogP contribution is -2.55. The number of hydrogen-bond donors (Lipinski definition) is 2. The Morgan fingerprint density at radius 1 is 1.23 bits per heavy atom. The third-order valence-corrected chi connectivity index (χ3v) is 8.61. The molecule has 1 fully saturated rings. The second kappa shape index (κ2) is 11.2. The van der Waals surface area contributed by atoms with Gasteiger partial charge in [-0.05, 0) is 36.1 Å². The van der Waals surface area contributed by atoms with Crippen LogP contribution < -0.4 is 5.32 Å². The van der Waals surface area contributed by atoms with E-state index in [4.69, 9.17) is 0 Å². The number of amides is 3. The number of nitrogens with one attached hydrogen (secondary N) is 1. The summed E-state index contributed by atoms with van der Waals surface area (Å²) in [5.74, 6) is -1.29. The number of nitriles is 1. The summed E-state index contributed by atoms with van der Waals surface area (Å²) in [7, 11) is 0. The van der Waals surface area contributed by atoms with Crippen molar-refractivity contribution in [2.75, 3.05) is 6.54 Å². The van der Waals surface area contributed by atoms with Gasteiger partial charge < -0.3 is 20.2 Å². The standard InChI is InChI=1S/C30H31N5O4S/c1-17(2)26(35-15-24-21(12-31)5-4-6-23(24)29(35)38)30(39)34-14-22(36)11-25(34)28(37)32-13-19-7-9-20(10-8-19)27-18(3)33-16-40-27/h4-10,16-17,22,25-26,36H,11,13-15H2,1-3H3,(H,32,37)/t22-,25+,26?/m1/s1. The number of aromatic nitrogens is 1. The molecule has 1 aromatic heterocycles. The van der Waals surface area contributed by atoms with Gasteiger partial charge in [0.05, 0.1) is 33.8 Å². The number of carbonyl (C=O) groups is 3. The summed E-state index contributed by atoms with van der Waals surface area (Å²) in [5, 5.41) is 22.9. The third-order valence-electron chi connectivity index (χ3n) is 7.63. The van der Waals surface area contributed by atoms with Crippen LogP contribution in [-0.4, -0.2) is 62.3 Å². The highest BCUT2D eigenvalue weighted by Gasteiger charge is 2.46. The Balaban J connectivity index is 1.29. The molecule has 3 heterocycles. The average molecular weight is 558 g/mol. The van der Waals surface area contributed by atoms with Gasteiger partial charge in [-0.15, -0.1) is 11.3 Å². The minimum atomic E-state index is -0.849. The van der Waals surface area contributed by atoms with E-state index in [1.165, 1.54) is 9.80 Å². The molecule has 0 saturated carbocycles. The highest BCUT2D eigenvalue weighted by molar-refractivity contribution is 7.13. The number of aliphatic hydroxyl groups is 1. The average Bonchev–Trinajstić information content (AvgIpc) is 3.64. The molecule has 206 valence electrons. The number of carbonyl (C=O) groups excluding carboxylic acids is 3. The quantitative estimate of drug-likeness (QED) is 0.459. The molecular weight excluding hydrogens is 526 g/mol. The van der Waals surface area contributed by atoms with E-state index in [1.807, 2.05) is 50.5 Å². The van der Waals surface area contributed by atoms with Crippen LogP contribution >= 0.6 is 11.3 Å². The first-order chi connectivity index (χ1) is 19.2. The van der Waals surface area contributed by atoms with Crippen molar-refractivity contribution in [3.8, 4) is 16.5 Å². The molecule has 9 nitrogen and oxygen atoms in total. The van der Waals surface area contributed by atoms with Gasteiger partial charge in [0.1, 0.15) is 12.1 Å². The molecule has 0 radical (unpaired) electrons. The van der Waals surface area contributed by atoms with E-state index in [0.717, 1.165) is 21.7 Å². The molecule has 0 bridgehead atoms. The van der Waals surface area contributed by atoms with E-state index in [9.17, 15) is 24.8 Å². The van der Waals surface area contributed by atoms with Crippen molar-refractivity contribution in [2.24, 2.45) is 5.92 Å². The second-order valence-corrected chi connectivity index (χ2v) is 11.5. The van der Waals surface area contributed by atoms with E-state index in [1.54, 1.807) is 29.5 Å². The lowest BCUT2D eigenvalue weighted by atomic mass is 10.00. The van der Waals surface area contributed by atoms with Gasteiger partial charge in [0.15, 0.2) is 0 Å². The van der Waals surface area contributed by atoms with Crippen LogP contribution in [0.15, 0.2) is 48.0 Å². The molecule has 5 rings (SSSR count). The summed E-state index contributed by atoms with van der Waals surface area (Å²) in [6.45, 7) is 6.11. The third kappa shape index (κ3) is 5.10. The zero-order valence-corrected chi connectivity index (χ0v) is 23.4. The van der Waals surface area contributed by atoms with Crippen molar-refractivity contribution in [1.29, 1.82) is 5.26 Å². The monoisotopic (exact) mass is 557 g/mol. The number of benzene rings is 2. The summed E-state index contributed by atoms with van der Waals surface area (Å²) in [6, 6.07) is 13.3. The topological polar surface area (TPSA) is 127 Å². The minimum Gasteiger partial charge on any atom is -0.391 e. The molecule has 2 aliphatic rings. The first-order valence-corrected chi connectivity index (χ1v) is 14.2. The first-order valence-electron chi connectivity index (χ1n) is 13.3. The Kier molecular flexibility index (Phi) is 7.70. The van der Waals surface area contributed by atoms with Gasteiger partial charge in [-0.25, -0.2) is 4.98 Å². The zero-order valence-electron chi connectivity index (χ0n) is 22.6. The van der Waals surface area contributed by atoms with E-state index < -0.39 is 18.2 Å². The smallest absolute Gasteiger partial charge is 0.255 e. The van der Waals surface area contributed by atoms with Crippen LogP contribution in [0.5, 0.6) is 0 Å². The maximum Gasteiger partial charge on any atom is 0.255 e. The molecule has 2 aliphatic heterocycles. The van der Waals surface area contributed by atoms with Crippen molar-refractivity contribution >= 4 is 29.1 Å². The number of likely N-dealkylation sites (tertiary alicyclic amines) is 1. The van der Waals surface area contributed by atoms with Gasteiger partial charge in [-0.2, -0.15) is 5.26 Å². The SMILES string of the molecule is Cc1ncsc1-c1ccc(CNC(=O)[C@@H]2C[C@@H](O)CN2C(=O)C(C(C)C)N2Cc3c(C#N)cccc3C2=O)cc1. The van der Waals surface area contributed by atoms with E-state index in [-0.39, 0.29) is 49.7 Å². The Morgan fingerprint density at radius 2 is 1.98 bits per heavy atom. The lowest BCUT2D eigenvalue weighted by molar-refractivity contribution is -0.143. The molecule has 3 amide bonds. The van der Waals surface area contributed by atoms with Gasteiger partial charge >= 0.3 is 0 Å². The number of thiazole rings is 1. The summed E-state index contributed by atoms with van der Waals surface area (Å²) in [5.41, 5.74) is 6.20. The molecular formula is C30H31N5O4S. The lowest BCUT2D eigenvalue weighted by Gasteiger charge is -2.35. The maximum atomic E-state index is 13.9. The molecule has 2 N–H and O–H groups in total. The van der Waals surface area contributed by atoms with Crippen molar-refractivity contribution in [3.05, 3.63) is 75.9 Å². The Hall–Kier alpha value is -4.07. The van der Waals surface area contributed by atoms with Crippen LogP contribution in [0.1, 0.15) is 53.0 Å². The van der Waals surface area contributed by atoms with Crippen LogP contribution in [0.25, 0.3) is 10.4 Å². The van der Waals surface area contributed by atoms with Gasteiger partial charge in [0.2, 0.25) is 11.8 Å². The molecule has 0 spiro atoms. The highest BCUT2D eigenvalue weighted by atomic mass is 32.1. The highest BCUT2D eigenvalue weighted by Crippen LogP contribution is 2.32. The van der Waals surface area contributed by atoms with Crippen molar-refractivity contribution in [2.45, 2.75) is 58.5 Å². The maximum absolute atomic E-state index is 13.9. The van der Waals surface area contributed by atoms with Crippen molar-refractivity contribution in [3.63, 3.8) is 0 Å². The van der Waals surface area contributed by atoms with E-state index in [2.05, 4.69) is 16.4 Å². The summed E-state index contributed by atoms with van der Waals surface area (Å²) in [6.07, 6.45) is -0.718. The number of aryl methyl sites for hydroxylation is 1. The number of aliphatic hydroxyl groups excluding tert-OH is 1. The van der Waals surface area contributed by atoms with Gasteiger partial charge in [-0.3, -0.25) is 14.4 Å². The predicted octanol–water partition coefficient (Wildman–Crippen LogP) is 3.25. The molecule has 3 aromatic rings. The zero-order chi connectivity index (χ0) is 28.6. The minimum absolute atomic E-state index is 0.0153. The summed E-state index contributed by atoms with van der Waals surface area (Å²) in [4.78, 5) is 48.8. The predicted molar refractivity (Wildman–Crippen MR) is 150 cm³/mol. The second-order valence-electron chi connectivity index (χ2n) is 10.6. The van der Waals surface area contributed by atoms with Crippen molar-refractivity contribution < 1.29 is 19.5 Å². The Labute approximate surface area is 237 Å². The van der Waals surface area contributed by atoms with Crippen LogP contribution in [0.2, 0.25) is 0 Å². The normalized spacial score (nSPS) is 19.1. The van der Waals surface area contributed by atoms with Crippen LogP contribution in [0.3, 0.4) is 0 Å². The number of β-amino-alcohol motifs (C(OH)–C–C–N with tert-alkyl or cyclic N) is 1. The molecule has 10 heteroatoms. The summed E-state index contributed by atoms with van der Waals surface area (Å²) < 4.78 is 0. The Morgan fingerprint density at radius 3 is 2.62 bits per heavy atom. The summed E-state index contributed by atoms with van der Waals surface area (Å²) >= 11 is 1.58. The largest absolute Gasteiger partial charge is 0.391 e. The number of rotatable bonds is 7. The number of nitrogens with zero attached hydrogens (tertiary/aromatic N) is 4. The fraction of sp³-hybridized carbons (Fsp3) is 0.367. The fourth-order valence-corrected chi connectivity index (χ4v) is 6.41. The number of hydrogen-bond acceptors (Lipinski definition) is 7. The first kappa shape index (κ1) is 27.5.